The molecule has 0 radical (unpaired) electrons. The Morgan fingerprint density at radius 3 is 2.80 bits per heavy atom. The Morgan fingerprint density at radius 2 is 2.10 bits per heavy atom. The first-order valence-corrected chi connectivity index (χ1v) is 8.66. The van der Waals surface area contributed by atoms with Crippen LogP contribution in [0.5, 0.6) is 0 Å². The van der Waals surface area contributed by atoms with Crippen LogP contribution in [0.2, 0.25) is 0 Å². The second-order valence-corrected chi connectivity index (χ2v) is 6.65. The quantitative estimate of drug-likeness (QED) is 0.633. The Balaban J connectivity index is 2.06. The number of unbranched alkanes of at least 4 members (excludes halogenated alkanes) is 3. The van der Waals surface area contributed by atoms with Crippen molar-refractivity contribution < 1.29 is 4.79 Å². The van der Waals surface area contributed by atoms with E-state index in [1.54, 1.807) is 0 Å². The Labute approximate surface area is 125 Å². The lowest BCUT2D eigenvalue weighted by molar-refractivity contribution is -0.122. The van der Waals surface area contributed by atoms with Gasteiger partial charge in [0.2, 0.25) is 5.91 Å². The molecule has 3 N–H and O–H groups in total. The lowest BCUT2D eigenvalue weighted by Gasteiger charge is -2.26. The lowest BCUT2D eigenvalue weighted by Crippen LogP contribution is -2.33. The highest BCUT2D eigenvalue weighted by Crippen LogP contribution is 2.26. The molecule has 1 amide bonds. The van der Waals surface area contributed by atoms with Gasteiger partial charge in [0, 0.05) is 18.5 Å². The van der Waals surface area contributed by atoms with Crippen LogP contribution in [0.3, 0.4) is 0 Å². The molecule has 3 unspecified atom stereocenters. The van der Waals surface area contributed by atoms with Gasteiger partial charge in [-0.05, 0) is 38.5 Å². The molecule has 0 aromatic heterocycles. The standard InChI is InChI=1S/C17H34N2O/c1-3-4-5-6-8-14(2)19-17(20)12-11-15-9-7-10-16(18)13-15/h14-16H,3-13,18H2,1-2H3,(H,19,20). The predicted molar refractivity (Wildman–Crippen MR) is 85.5 cm³/mol. The largest absolute Gasteiger partial charge is 0.354 e. The summed E-state index contributed by atoms with van der Waals surface area (Å²) in [5.74, 6) is 0.900. The number of nitrogens with two attached hydrogens (primary N) is 1. The van der Waals surface area contributed by atoms with Crippen LogP contribution in [0.25, 0.3) is 0 Å². The smallest absolute Gasteiger partial charge is 0.220 e. The van der Waals surface area contributed by atoms with Crippen molar-refractivity contribution in [3.8, 4) is 0 Å². The van der Waals surface area contributed by atoms with E-state index in [1.165, 1.54) is 38.5 Å². The number of amides is 1. The van der Waals surface area contributed by atoms with Gasteiger partial charge in [0.05, 0.1) is 0 Å². The zero-order chi connectivity index (χ0) is 14.8. The number of hydrogen-bond donors (Lipinski definition) is 2. The van der Waals surface area contributed by atoms with Crippen molar-refractivity contribution in [1.82, 2.24) is 5.32 Å². The minimum Gasteiger partial charge on any atom is -0.354 e. The maximum absolute atomic E-state index is 11.9. The molecular weight excluding hydrogens is 248 g/mol. The van der Waals surface area contributed by atoms with E-state index in [0.717, 1.165) is 25.7 Å². The Morgan fingerprint density at radius 1 is 1.30 bits per heavy atom. The molecule has 1 aliphatic rings. The summed E-state index contributed by atoms with van der Waals surface area (Å²) >= 11 is 0. The van der Waals surface area contributed by atoms with Crippen LogP contribution in [0.1, 0.15) is 84.5 Å². The van der Waals surface area contributed by atoms with Crippen molar-refractivity contribution >= 4 is 5.91 Å². The molecule has 3 nitrogen and oxygen atoms in total. The fourth-order valence-electron chi connectivity index (χ4n) is 3.23. The summed E-state index contributed by atoms with van der Waals surface area (Å²) in [4.78, 5) is 11.9. The van der Waals surface area contributed by atoms with Crippen LogP contribution in [-0.2, 0) is 4.79 Å². The van der Waals surface area contributed by atoms with Crippen LogP contribution in [0.15, 0.2) is 0 Å². The fraction of sp³-hybridized carbons (Fsp3) is 0.941. The van der Waals surface area contributed by atoms with Gasteiger partial charge in [0.15, 0.2) is 0 Å². The molecule has 118 valence electrons. The topological polar surface area (TPSA) is 55.1 Å². The average Bonchev–Trinajstić information content (AvgIpc) is 2.41. The van der Waals surface area contributed by atoms with Gasteiger partial charge >= 0.3 is 0 Å². The van der Waals surface area contributed by atoms with E-state index in [-0.39, 0.29) is 5.91 Å². The molecule has 0 aliphatic heterocycles. The summed E-state index contributed by atoms with van der Waals surface area (Å²) in [5.41, 5.74) is 5.99. The molecular formula is C17H34N2O. The second-order valence-electron chi connectivity index (χ2n) is 6.65. The first kappa shape index (κ1) is 17.5. The molecule has 1 rings (SSSR count). The van der Waals surface area contributed by atoms with E-state index < -0.39 is 0 Å². The molecule has 0 bridgehead atoms. The molecule has 0 aromatic carbocycles. The highest BCUT2D eigenvalue weighted by molar-refractivity contribution is 5.76. The Hall–Kier alpha value is -0.570. The Bertz CT molecular complexity index is 268. The SMILES string of the molecule is CCCCCCC(C)NC(=O)CCC1CCCC(N)C1. The number of rotatable bonds is 9. The van der Waals surface area contributed by atoms with Gasteiger partial charge in [0.1, 0.15) is 0 Å². The number of carbonyl (C=O) groups excluding carboxylic acids is 1. The lowest BCUT2D eigenvalue weighted by atomic mass is 9.83. The first-order valence-electron chi connectivity index (χ1n) is 8.66. The first-order chi connectivity index (χ1) is 9.61. The van der Waals surface area contributed by atoms with Crippen molar-refractivity contribution in [1.29, 1.82) is 0 Å². The van der Waals surface area contributed by atoms with E-state index in [9.17, 15) is 4.79 Å². The van der Waals surface area contributed by atoms with Crippen LogP contribution in [-0.4, -0.2) is 18.0 Å². The minimum atomic E-state index is 0.229. The van der Waals surface area contributed by atoms with E-state index in [0.29, 0.717) is 24.4 Å². The monoisotopic (exact) mass is 282 g/mol. The summed E-state index contributed by atoms with van der Waals surface area (Å²) in [6.45, 7) is 4.35. The van der Waals surface area contributed by atoms with Gasteiger partial charge in [0.25, 0.3) is 0 Å². The van der Waals surface area contributed by atoms with Crippen molar-refractivity contribution in [3.63, 3.8) is 0 Å². The average molecular weight is 282 g/mol. The van der Waals surface area contributed by atoms with Crippen molar-refractivity contribution in [2.75, 3.05) is 0 Å². The predicted octanol–water partition coefficient (Wildman–Crippen LogP) is 3.76. The summed E-state index contributed by atoms with van der Waals surface area (Å²) in [5, 5.41) is 3.14. The number of hydrogen-bond acceptors (Lipinski definition) is 2. The molecule has 1 saturated carbocycles. The molecule has 20 heavy (non-hydrogen) atoms. The van der Waals surface area contributed by atoms with Crippen molar-refractivity contribution in [2.24, 2.45) is 11.7 Å². The molecule has 0 spiro atoms. The fourth-order valence-corrected chi connectivity index (χ4v) is 3.23. The van der Waals surface area contributed by atoms with Crippen LogP contribution >= 0.6 is 0 Å². The van der Waals surface area contributed by atoms with Crippen LogP contribution in [0.4, 0.5) is 0 Å². The minimum absolute atomic E-state index is 0.229. The molecule has 0 saturated heterocycles. The maximum Gasteiger partial charge on any atom is 0.220 e. The van der Waals surface area contributed by atoms with Gasteiger partial charge in [-0.15, -0.1) is 0 Å². The van der Waals surface area contributed by atoms with Crippen molar-refractivity contribution in [2.45, 2.75) is 96.6 Å². The van der Waals surface area contributed by atoms with Gasteiger partial charge in [-0.3, -0.25) is 4.79 Å². The van der Waals surface area contributed by atoms with E-state index >= 15 is 0 Å². The van der Waals surface area contributed by atoms with E-state index in [2.05, 4.69) is 19.2 Å². The van der Waals surface area contributed by atoms with Crippen LogP contribution < -0.4 is 11.1 Å². The molecule has 0 heterocycles. The van der Waals surface area contributed by atoms with Gasteiger partial charge in [-0.25, -0.2) is 0 Å². The third-order valence-electron chi connectivity index (χ3n) is 4.50. The third-order valence-corrected chi connectivity index (χ3v) is 4.50. The number of carbonyl (C=O) groups is 1. The summed E-state index contributed by atoms with van der Waals surface area (Å²) in [6, 6.07) is 0.697. The molecule has 0 aromatic rings. The van der Waals surface area contributed by atoms with Gasteiger partial charge in [-0.2, -0.15) is 0 Å². The number of nitrogens with one attached hydrogen (secondary N) is 1. The normalized spacial score (nSPS) is 24.4. The highest BCUT2D eigenvalue weighted by atomic mass is 16.1. The highest BCUT2D eigenvalue weighted by Gasteiger charge is 2.20. The van der Waals surface area contributed by atoms with Crippen LogP contribution in [0, 0.1) is 5.92 Å². The van der Waals surface area contributed by atoms with Crippen molar-refractivity contribution in [3.05, 3.63) is 0 Å². The second kappa shape index (κ2) is 10.2. The van der Waals surface area contributed by atoms with Gasteiger partial charge < -0.3 is 11.1 Å². The van der Waals surface area contributed by atoms with E-state index in [1.807, 2.05) is 0 Å². The maximum atomic E-state index is 11.9. The summed E-state index contributed by atoms with van der Waals surface area (Å²) in [6.07, 6.45) is 12.7. The molecule has 3 heteroatoms. The van der Waals surface area contributed by atoms with Gasteiger partial charge in [-0.1, -0.05) is 45.4 Å². The third kappa shape index (κ3) is 7.88. The zero-order valence-corrected chi connectivity index (χ0v) is 13.5. The molecule has 1 fully saturated rings. The summed E-state index contributed by atoms with van der Waals surface area (Å²) < 4.78 is 0. The van der Waals surface area contributed by atoms with E-state index in [4.69, 9.17) is 5.73 Å². The zero-order valence-electron chi connectivity index (χ0n) is 13.5. The molecule has 3 atom stereocenters. The summed E-state index contributed by atoms with van der Waals surface area (Å²) in [7, 11) is 0. The molecule has 1 aliphatic carbocycles. The Kier molecular flexibility index (Phi) is 8.92.